The summed E-state index contributed by atoms with van der Waals surface area (Å²) in [5.74, 6) is -0.104. The summed E-state index contributed by atoms with van der Waals surface area (Å²) in [5.41, 5.74) is 4.69. The van der Waals surface area contributed by atoms with Crippen LogP contribution in [-0.2, 0) is 4.79 Å². The first-order chi connectivity index (χ1) is 7.74. The molecule has 0 aliphatic heterocycles. The highest BCUT2D eigenvalue weighted by molar-refractivity contribution is 5.77. The van der Waals surface area contributed by atoms with E-state index in [0.29, 0.717) is 12.5 Å². The number of carboxylic acids is 1. The highest BCUT2D eigenvalue weighted by atomic mass is 16.4. The predicted octanol–water partition coefficient (Wildman–Crippen LogP) is 1.69. The van der Waals surface area contributed by atoms with Gasteiger partial charge in [0.2, 0.25) is 0 Å². The zero-order valence-electron chi connectivity index (χ0n) is 11.4. The SMILES string of the molecule is CC(C)N(CC1CC1)C(C)CC(C)(N)C(=O)O. The Morgan fingerprint density at radius 3 is 2.35 bits per heavy atom. The summed E-state index contributed by atoms with van der Waals surface area (Å²) in [4.78, 5) is 13.4. The van der Waals surface area contributed by atoms with Crippen LogP contribution in [-0.4, -0.2) is 40.1 Å². The third-order valence-electron chi connectivity index (χ3n) is 3.60. The molecule has 100 valence electrons. The molecule has 1 aliphatic rings. The number of hydrogen-bond acceptors (Lipinski definition) is 3. The molecule has 0 radical (unpaired) electrons. The molecule has 0 aromatic rings. The van der Waals surface area contributed by atoms with Crippen molar-refractivity contribution >= 4 is 5.97 Å². The highest BCUT2D eigenvalue weighted by Gasteiger charge is 2.34. The number of nitrogens with zero attached hydrogens (tertiary/aromatic N) is 1. The Labute approximate surface area is 104 Å². The van der Waals surface area contributed by atoms with Gasteiger partial charge in [0.15, 0.2) is 0 Å². The van der Waals surface area contributed by atoms with Gasteiger partial charge in [-0.2, -0.15) is 0 Å². The maximum atomic E-state index is 11.0. The summed E-state index contributed by atoms with van der Waals surface area (Å²) in [7, 11) is 0. The first-order valence-electron chi connectivity index (χ1n) is 6.52. The molecule has 0 saturated heterocycles. The van der Waals surface area contributed by atoms with Gasteiger partial charge < -0.3 is 10.8 Å². The van der Waals surface area contributed by atoms with Crippen LogP contribution in [0.1, 0.15) is 47.0 Å². The van der Waals surface area contributed by atoms with E-state index < -0.39 is 11.5 Å². The average molecular weight is 242 g/mol. The molecule has 0 aromatic heterocycles. The van der Waals surface area contributed by atoms with Crippen molar-refractivity contribution < 1.29 is 9.90 Å². The molecular weight excluding hydrogens is 216 g/mol. The Morgan fingerprint density at radius 2 is 2.00 bits per heavy atom. The molecule has 1 fully saturated rings. The molecule has 0 bridgehead atoms. The van der Waals surface area contributed by atoms with Gasteiger partial charge in [0.1, 0.15) is 5.54 Å². The molecule has 4 nitrogen and oxygen atoms in total. The fraction of sp³-hybridized carbons (Fsp3) is 0.923. The molecule has 2 atom stereocenters. The molecule has 2 unspecified atom stereocenters. The monoisotopic (exact) mass is 242 g/mol. The van der Waals surface area contributed by atoms with E-state index in [-0.39, 0.29) is 6.04 Å². The van der Waals surface area contributed by atoms with Gasteiger partial charge in [-0.25, -0.2) is 0 Å². The maximum Gasteiger partial charge on any atom is 0.323 e. The number of carboxylic acid groups (broad SMARTS) is 1. The molecule has 4 heteroatoms. The van der Waals surface area contributed by atoms with Gasteiger partial charge in [0.25, 0.3) is 0 Å². The van der Waals surface area contributed by atoms with Crippen LogP contribution in [0.15, 0.2) is 0 Å². The van der Waals surface area contributed by atoms with Crippen LogP contribution in [0.5, 0.6) is 0 Å². The van der Waals surface area contributed by atoms with E-state index in [1.807, 2.05) is 0 Å². The Bertz CT molecular complexity index is 273. The summed E-state index contributed by atoms with van der Waals surface area (Å²) in [5, 5.41) is 9.06. The Kier molecular flexibility index (Phi) is 4.55. The molecule has 3 N–H and O–H groups in total. The molecule has 1 rings (SSSR count). The lowest BCUT2D eigenvalue weighted by atomic mass is 9.93. The normalized spacial score (nSPS) is 21.6. The maximum absolute atomic E-state index is 11.0. The van der Waals surface area contributed by atoms with Gasteiger partial charge in [-0.15, -0.1) is 0 Å². The molecule has 1 saturated carbocycles. The molecule has 0 aromatic carbocycles. The van der Waals surface area contributed by atoms with Gasteiger partial charge in [0, 0.05) is 18.6 Å². The fourth-order valence-corrected chi connectivity index (χ4v) is 2.32. The van der Waals surface area contributed by atoms with Gasteiger partial charge in [0.05, 0.1) is 0 Å². The molecule has 0 amide bonds. The van der Waals surface area contributed by atoms with Gasteiger partial charge >= 0.3 is 5.97 Å². The van der Waals surface area contributed by atoms with Crippen LogP contribution in [0.3, 0.4) is 0 Å². The van der Waals surface area contributed by atoms with E-state index in [2.05, 4.69) is 25.7 Å². The number of hydrogen-bond donors (Lipinski definition) is 2. The summed E-state index contributed by atoms with van der Waals surface area (Å²) in [6, 6.07) is 0.650. The Hall–Kier alpha value is -0.610. The first-order valence-corrected chi connectivity index (χ1v) is 6.52. The molecule has 0 spiro atoms. The molecule has 1 aliphatic carbocycles. The van der Waals surface area contributed by atoms with Crippen LogP contribution in [0.25, 0.3) is 0 Å². The number of aliphatic carboxylic acids is 1. The minimum Gasteiger partial charge on any atom is -0.480 e. The zero-order valence-corrected chi connectivity index (χ0v) is 11.4. The van der Waals surface area contributed by atoms with E-state index in [0.717, 1.165) is 12.5 Å². The van der Waals surface area contributed by atoms with Crippen LogP contribution in [0.4, 0.5) is 0 Å². The van der Waals surface area contributed by atoms with Gasteiger partial charge in [-0.1, -0.05) is 0 Å². The smallest absolute Gasteiger partial charge is 0.323 e. The summed E-state index contributed by atoms with van der Waals surface area (Å²) < 4.78 is 0. The second kappa shape index (κ2) is 5.36. The molecule has 17 heavy (non-hydrogen) atoms. The highest BCUT2D eigenvalue weighted by Crippen LogP contribution is 2.31. The Balaban J connectivity index is 2.57. The second-order valence-electron chi connectivity index (χ2n) is 6.01. The number of carbonyl (C=O) groups is 1. The third-order valence-corrected chi connectivity index (χ3v) is 3.60. The van der Waals surface area contributed by atoms with Crippen LogP contribution in [0.2, 0.25) is 0 Å². The summed E-state index contributed by atoms with van der Waals surface area (Å²) >= 11 is 0. The van der Waals surface area contributed by atoms with E-state index in [9.17, 15) is 4.79 Å². The minimum atomic E-state index is -1.13. The minimum absolute atomic E-state index is 0.210. The first kappa shape index (κ1) is 14.5. The Morgan fingerprint density at radius 1 is 1.47 bits per heavy atom. The number of rotatable bonds is 7. The van der Waals surface area contributed by atoms with Crippen molar-refractivity contribution in [2.75, 3.05) is 6.54 Å². The van der Waals surface area contributed by atoms with Crippen LogP contribution in [0, 0.1) is 5.92 Å². The summed E-state index contributed by atoms with van der Waals surface area (Å²) in [6.45, 7) is 9.08. The van der Waals surface area contributed by atoms with E-state index in [1.165, 1.54) is 12.8 Å². The topological polar surface area (TPSA) is 66.6 Å². The van der Waals surface area contributed by atoms with Gasteiger partial charge in [-0.05, 0) is 52.9 Å². The number of nitrogens with two attached hydrogens (primary N) is 1. The summed E-state index contributed by atoms with van der Waals surface area (Å²) in [6.07, 6.45) is 3.12. The van der Waals surface area contributed by atoms with Crippen molar-refractivity contribution in [3.63, 3.8) is 0 Å². The standard InChI is InChI=1S/C13H26N2O2/c1-9(2)15(8-11-5-6-11)10(3)7-13(4,14)12(16)17/h9-11H,5-8,14H2,1-4H3,(H,16,17). The quantitative estimate of drug-likeness (QED) is 0.713. The van der Waals surface area contributed by atoms with Crippen molar-refractivity contribution in [1.82, 2.24) is 4.90 Å². The van der Waals surface area contributed by atoms with Crippen molar-refractivity contribution in [3.05, 3.63) is 0 Å². The fourth-order valence-electron chi connectivity index (χ4n) is 2.32. The molecular formula is C13H26N2O2. The van der Waals surface area contributed by atoms with Crippen molar-refractivity contribution in [3.8, 4) is 0 Å². The third kappa shape index (κ3) is 4.28. The van der Waals surface area contributed by atoms with Crippen molar-refractivity contribution in [2.24, 2.45) is 11.7 Å². The van der Waals surface area contributed by atoms with E-state index in [1.54, 1.807) is 6.92 Å². The zero-order chi connectivity index (χ0) is 13.2. The van der Waals surface area contributed by atoms with E-state index in [4.69, 9.17) is 10.8 Å². The molecule has 0 heterocycles. The van der Waals surface area contributed by atoms with Crippen molar-refractivity contribution in [1.29, 1.82) is 0 Å². The average Bonchev–Trinajstić information content (AvgIpc) is 2.95. The van der Waals surface area contributed by atoms with Crippen LogP contribution < -0.4 is 5.73 Å². The largest absolute Gasteiger partial charge is 0.480 e. The second-order valence-corrected chi connectivity index (χ2v) is 6.01. The van der Waals surface area contributed by atoms with Crippen LogP contribution >= 0.6 is 0 Å². The lowest BCUT2D eigenvalue weighted by Gasteiger charge is -2.36. The van der Waals surface area contributed by atoms with Crippen molar-refractivity contribution in [2.45, 2.75) is 64.6 Å². The lowest BCUT2D eigenvalue weighted by molar-refractivity contribution is -0.143. The lowest BCUT2D eigenvalue weighted by Crippen LogP contribution is -2.51. The van der Waals surface area contributed by atoms with E-state index >= 15 is 0 Å². The van der Waals surface area contributed by atoms with Gasteiger partial charge in [-0.3, -0.25) is 9.69 Å². The predicted molar refractivity (Wildman–Crippen MR) is 68.9 cm³/mol.